The molecule has 0 unspecified atom stereocenters. The molecule has 0 bridgehead atoms. The zero-order chi connectivity index (χ0) is 28.9. The molecule has 2 aromatic rings. The molecule has 12 heteroatoms. The van der Waals surface area contributed by atoms with Crippen LogP contribution in [0, 0.1) is 0 Å². The number of hydrogen-bond donors (Lipinski definition) is 2. The van der Waals surface area contributed by atoms with Crippen molar-refractivity contribution in [2.24, 2.45) is 5.73 Å². The Morgan fingerprint density at radius 2 is 1.88 bits per heavy atom. The lowest BCUT2D eigenvalue weighted by Gasteiger charge is -2.49. The Labute approximate surface area is 241 Å². The van der Waals surface area contributed by atoms with E-state index >= 15 is 0 Å². The van der Waals surface area contributed by atoms with Gasteiger partial charge in [0.25, 0.3) is 5.91 Å². The number of primary amides is 1. The van der Waals surface area contributed by atoms with E-state index < -0.39 is 5.91 Å². The van der Waals surface area contributed by atoms with Crippen LogP contribution in [0.5, 0.6) is 5.75 Å². The number of nitrogens with zero attached hydrogens (tertiary/aromatic N) is 7. The number of nitrogens with one attached hydrogen (secondary N) is 1. The third-order valence-electron chi connectivity index (χ3n) is 8.80. The quantitative estimate of drug-likeness (QED) is 0.564. The van der Waals surface area contributed by atoms with Gasteiger partial charge in [0.1, 0.15) is 18.2 Å². The Morgan fingerprint density at radius 1 is 1.07 bits per heavy atom. The number of carbonyl (C=O) groups excluding carboxylic acids is 2. The number of likely N-dealkylation sites (N-methyl/N-ethyl adjacent to an activating group) is 1. The maximum absolute atomic E-state index is 12.6. The second kappa shape index (κ2) is 10.6. The maximum Gasteiger partial charge on any atom is 0.320 e. The third kappa shape index (κ3) is 5.32. The van der Waals surface area contributed by atoms with Gasteiger partial charge in [0, 0.05) is 70.2 Å². The van der Waals surface area contributed by atoms with E-state index in [1.165, 1.54) is 0 Å². The molecule has 220 valence electrons. The minimum absolute atomic E-state index is 0.0754. The fourth-order valence-electron chi connectivity index (χ4n) is 6.42. The molecule has 6 rings (SSSR count). The Hall–Kier alpha value is -3.80. The average molecular weight is 564 g/mol. The number of aromatic nitrogens is 2. The number of hydrogen-bond acceptors (Lipinski definition) is 9. The van der Waals surface area contributed by atoms with Gasteiger partial charge in [-0.05, 0) is 45.7 Å². The van der Waals surface area contributed by atoms with E-state index in [9.17, 15) is 9.59 Å². The molecule has 12 nitrogen and oxygen atoms in total. The molecule has 1 aromatic heterocycles. The van der Waals surface area contributed by atoms with Gasteiger partial charge in [0.2, 0.25) is 0 Å². The van der Waals surface area contributed by atoms with E-state index in [4.69, 9.17) is 15.5 Å². The number of nitrogens with two attached hydrogens (primary N) is 1. The lowest BCUT2D eigenvalue weighted by molar-refractivity contribution is 0.0890. The van der Waals surface area contributed by atoms with Crippen LogP contribution in [-0.2, 0) is 0 Å². The summed E-state index contributed by atoms with van der Waals surface area (Å²) in [7, 11) is 1.84. The first-order valence-corrected chi connectivity index (χ1v) is 14.6. The van der Waals surface area contributed by atoms with Gasteiger partial charge in [-0.25, -0.2) is 14.8 Å². The summed E-state index contributed by atoms with van der Waals surface area (Å²) in [6.45, 7) is 13.3. The molecule has 4 aliphatic heterocycles. The van der Waals surface area contributed by atoms with Crippen molar-refractivity contribution in [2.75, 3.05) is 74.6 Å². The molecule has 2 atom stereocenters. The largest absolute Gasteiger partial charge is 0.489 e. The summed E-state index contributed by atoms with van der Waals surface area (Å²) in [6, 6.07) is 6.49. The minimum Gasteiger partial charge on any atom is -0.489 e. The summed E-state index contributed by atoms with van der Waals surface area (Å²) in [5.74, 6) is 1.11. The van der Waals surface area contributed by atoms with E-state index in [1.54, 1.807) is 11.1 Å². The first-order valence-electron chi connectivity index (χ1n) is 14.6. The van der Waals surface area contributed by atoms with Gasteiger partial charge in [-0.3, -0.25) is 9.69 Å². The number of piperidine rings is 1. The predicted molar refractivity (Wildman–Crippen MR) is 158 cm³/mol. The van der Waals surface area contributed by atoms with E-state index in [0.29, 0.717) is 30.8 Å². The van der Waals surface area contributed by atoms with Crippen LogP contribution in [0.25, 0.3) is 0 Å². The number of piperazine rings is 1. The molecule has 3 N–H and O–H groups in total. The minimum atomic E-state index is -0.650. The second-order valence-electron chi connectivity index (χ2n) is 12.5. The summed E-state index contributed by atoms with van der Waals surface area (Å²) in [5.41, 5.74) is 7.71. The normalized spacial score (nSPS) is 23.3. The molecule has 5 heterocycles. The molecule has 3 saturated heterocycles. The van der Waals surface area contributed by atoms with Gasteiger partial charge in [-0.2, -0.15) is 0 Å². The van der Waals surface area contributed by atoms with Crippen LogP contribution in [0.15, 0.2) is 24.4 Å². The van der Waals surface area contributed by atoms with Crippen LogP contribution in [-0.4, -0.2) is 114 Å². The number of amides is 3. The number of carbonyl (C=O) groups is 2. The highest BCUT2D eigenvalue weighted by Gasteiger charge is 2.37. The molecule has 3 fully saturated rings. The van der Waals surface area contributed by atoms with Crippen molar-refractivity contribution in [1.82, 2.24) is 24.7 Å². The Morgan fingerprint density at radius 3 is 2.61 bits per heavy atom. The number of benzene rings is 1. The summed E-state index contributed by atoms with van der Waals surface area (Å²) in [4.78, 5) is 44.8. The van der Waals surface area contributed by atoms with Crippen LogP contribution in [0.2, 0.25) is 0 Å². The molecule has 4 aliphatic rings. The van der Waals surface area contributed by atoms with Gasteiger partial charge in [0.15, 0.2) is 11.5 Å². The van der Waals surface area contributed by atoms with Gasteiger partial charge in [0.05, 0.1) is 24.0 Å². The molecule has 0 spiro atoms. The molecular formula is C29H41N9O3. The van der Waals surface area contributed by atoms with Crippen LogP contribution in [0.4, 0.5) is 27.8 Å². The van der Waals surface area contributed by atoms with Crippen molar-refractivity contribution in [3.05, 3.63) is 30.1 Å². The second-order valence-corrected chi connectivity index (χ2v) is 12.5. The van der Waals surface area contributed by atoms with Gasteiger partial charge in [-0.1, -0.05) is 0 Å². The Bertz CT molecular complexity index is 1330. The number of anilines is 4. The molecule has 0 aliphatic carbocycles. The summed E-state index contributed by atoms with van der Waals surface area (Å²) in [6.07, 6.45) is 3.49. The Kier molecular flexibility index (Phi) is 7.04. The third-order valence-corrected chi connectivity index (χ3v) is 8.80. The number of ether oxygens (including phenoxy) is 1. The summed E-state index contributed by atoms with van der Waals surface area (Å²) in [5, 5.41) is 3.28. The van der Waals surface area contributed by atoms with Crippen molar-refractivity contribution in [2.45, 2.75) is 51.2 Å². The lowest BCUT2D eigenvalue weighted by Crippen LogP contribution is -2.61. The number of rotatable bonds is 5. The van der Waals surface area contributed by atoms with E-state index in [-0.39, 0.29) is 23.3 Å². The van der Waals surface area contributed by atoms with Crippen molar-refractivity contribution in [3.63, 3.8) is 0 Å². The fraction of sp³-hybridized carbons (Fsp3) is 0.586. The molecule has 0 saturated carbocycles. The SMILES string of the molecule is CN1CCN([C@@H]2CCCN(c3cnc(C(N)=O)c(Nc4ccc5c(c4)OC[C@@H]4CN(C(C)(C)C)CCN54)n3)C2)C1=O. The first kappa shape index (κ1) is 27.4. The van der Waals surface area contributed by atoms with Crippen LogP contribution in [0.3, 0.4) is 0 Å². The number of urea groups is 1. The first-order chi connectivity index (χ1) is 19.6. The van der Waals surface area contributed by atoms with E-state index in [1.807, 2.05) is 24.1 Å². The van der Waals surface area contributed by atoms with Gasteiger partial charge < -0.3 is 35.4 Å². The topological polar surface area (TPSA) is 123 Å². The van der Waals surface area contributed by atoms with Gasteiger partial charge in [-0.15, -0.1) is 0 Å². The standard InChI is InChI=1S/C29H41N9O3/c1-29(2,3)36-11-13-37-21(17-36)18-41-23-14-19(7-8-22(23)37)32-27-25(26(30)39)31-15-24(33-27)35-9-5-6-20(16-35)38-12-10-34(4)28(38)40/h7-8,14-15,20-21H,5-6,9-13,16-18H2,1-4H3,(H2,30,39)(H,32,33)/t20-,21+/m1/s1. The van der Waals surface area contributed by atoms with Gasteiger partial charge >= 0.3 is 6.03 Å². The molecule has 1 aromatic carbocycles. The summed E-state index contributed by atoms with van der Waals surface area (Å²) >= 11 is 0. The van der Waals surface area contributed by atoms with Crippen molar-refractivity contribution in [3.8, 4) is 5.75 Å². The maximum atomic E-state index is 12.6. The van der Waals surface area contributed by atoms with E-state index in [2.05, 4.69) is 51.8 Å². The fourth-order valence-corrected chi connectivity index (χ4v) is 6.42. The highest BCUT2D eigenvalue weighted by molar-refractivity contribution is 5.96. The molecule has 3 amide bonds. The average Bonchev–Trinajstić information content (AvgIpc) is 3.29. The monoisotopic (exact) mass is 563 g/mol. The highest BCUT2D eigenvalue weighted by atomic mass is 16.5. The predicted octanol–water partition coefficient (Wildman–Crippen LogP) is 2.34. The molecular weight excluding hydrogens is 522 g/mol. The van der Waals surface area contributed by atoms with Crippen molar-refractivity contribution in [1.29, 1.82) is 0 Å². The smallest absolute Gasteiger partial charge is 0.320 e. The zero-order valence-electron chi connectivity index (χ0n) is 24.5. The van der Waals surface area contributed by atoms with Crippen molar-refractivity contribution < 1.29 is 14.3 Å². The zero-order valence-corrected chi connectivity index (χ0v) is 24.5. The molecule has 0 radical (unpaired) electrons. The number of fused-ring (bicyclic) bond motifs is 3. The van der Waals surface area contributed by atoms with Crippen LogP contribution < -0.4 is 25.6 Å². The summed E-state index contributed by atoms with van der Waals surface area (Å²) < 4.78 is 6.23. The van der Waals surface area contributed by atoms with Crippen molar-refractivity contribution >= 4 is 34.9 Å². The Balaban J connectivity index is 1.20. The van der Waals surface area contributed by atoms with E-state index in [0.717, 1.165) is 69.2 Å². The highest BCUT2D eigenvalue weighted by Crippen LogP contribution is 2.39. The van der Waals surface area contributed by atoms with Crippen LogP contribution in [0.1, 0.15) is 44.1 Å². The molecule has 41 heavy (non-hydrogen) atoms. The van der Waals surface area contributed by atoms with Crippen LogP contribution >= 0.6 is 0 Å². The lowest BCUT2D eigenvalue weighted by atomic mass is 10.0.